The zero-order valence-corrected chi connectivity index (χ0v) is 11.1. The first-order valence-corrected chi connectivity index (χ1v) is 7.36. The van der Waals surface area contributed by atoms with E-state index in [2.05, 4.69) is 0 Å². The first-order valence-electron chi connectivity index (χ1n) is 5.86. The number of rotatable bonds is 3. The van der Waals surface area contributed by atoms with Gasteiger partial charge in [-0.2, -0.15) is 0 Å². The number of phenolic OH excluding ortho intramolecular Hbond substituents is 1. The summed E-state index contributed by atoms with van der Waals surface area (Å²) in [5, 5.41) is 8.99. The third-order valence-corrected chi connectivity index (χ3v) is 5.45. The Morgan fingerprint density at radius 1 is 1.33 bits per heavy atom. The van der Waals surface area contributed by atoms with Crippen molar-refractivity contribution < 1.29 is 18.3 Å². The predicted molar refractivity (Wildman–Crippen MR) is 69.3 cm³/mol. The van der Waals surface area contributed by atoms with E-state index in [0.29, 0.717) is 31.7 Å². The predicted octanol–water partition coefficient (Wildman–Crippen LogP) is 1.34. The second-order valence-corrected chi connectivity index (χ2v) is 6.59. The van der Waals surface area contributed by atoms with Gasteiger partial charge in [-0.25, -0.2) is 8.42 Å². The Kier molecular flexibility index (Phi) is 3.77. The van der Waals surface area contributed by atoms with Gasteiger partial charge in [0.15, 0.2) is 0 Å². The number of benzene rings is 1. The van der Waals surface area contributed by atoms with Gasteiger partial charge in [0.25, 0.3) is 0 Å². The van der Waals surface area contributed by atoms with Crippen LogP contribution in [0, 0.1) is 0 Å². The minimum absolute atomic E-state index is 0.0570. The second kappa shape index (κ2) is 5.16. The summed E-state index contributed by atoms with van der Waals surface area (Å²) >= 11 is 0. The highest BCUT2D eigenvalue weighted by Gasteiger charge is 2.31. The molecule has 18 heavy (non-hydrogen) atoms. The fourth-order valence-electron chi connectivity index (χ4n) is 2.03. The molecule has 0 bridgehead atoms. The van der Waals surface area contributed by atoms with Gasteiger partial charge in [0.1, 0.15) is 5.75 Å². The maximum Gasteiger partial charge on any atom is 0.237 e. The SMILES string of the molecule is CN(c1cccc(O)c1)S(=O)(=O)C1CCOCC1. The van der Waals surface area contributed by atoms with Crippen LogP contribution in [0.4, 0.5) is 5.69 Å². The van der Waals surface area contributed by atoms with Crippen LogP contribution in [0.15, 0.2) is 24.3 Å². The standard InChI is InChI=1S/C12H17NO4S/c1-13(10-3-2-4-11(14)9-10)18(15,16)12-5-7-17-8-6-12/h2-4,9,12,14H,5-8H2,1H3. The number of sulfonamides is 1. The largest absolute Gasteiger partial charge is 0.508 e. The van der Waals surface area contributed by atoms with Gasteiger partial charge in [-0.05, 0) is 25.0 Å². The number of phenols is 1. The Labute approximate surface area is 107 Å². The molecule has 1 fully saturated rings. The lowest BCUT2D eigenvalue weighted by Crippen LogP contribution is -2.39. The lowest BCUT2D eigenvalue weighted by atomic mass is 10.2. The molecule has 0 aromatic heterocycles. The van der Waals surface area contributed by atoms with Gasteiger partial charge in [-0.1, -0.05) is 6.07 Å². The molecule has 0 unspecified atom stereocenters. The Balaban J connectivity index is 2.23. The number of ether oxygens (including phenoxy) is 1. The molecule has 0 aliphatic carbocycles. The monoisotopic (exact) mass is 271 g/mol. The van der Waals surface area contributed by atoms with E-state index in [1.807, 2.05) is 0 Å². The molecule has 100 valence electrons. The molecule has 1 saturated heterocycles. The maximum absolute atomic E-state index is 12.4. The molecule has 1 aromatic carbocycles. The molecule has 1 aromatic rings. The maximum atomic E-state index is 12.4. The molecule has 5 nitrogen and oxygen atoms in total. The third-order valence-electron chi connectivity index (χ3n) is 3.16. The zero-order valence-electron chi connectivity index (χ0n) is 10.2. The molecule has 1 aliphatic rings. The number of nitrogens with zero attached hydrogens (tertiary/aromatic N) is 1. The van der Waals surface area contributed by atoms with Crippen LogP contribution in [0.5, 0.6) is 5.75 Å². The summed E-state index contributed by atoms with van der Waals surface area (Å²) < 4.78 is 31.2. The van der Waals surface area contributed by atoms with Crippen LogP contribution in [-0.4, -0.2) is 39.0 Å². The van der Waals surface area contributed by atoms with Crippen molar-refractivity contribution in [2.45, 2.75) is 18.1 Å². The molecule has 1 aliphatic heterocycles. The average molecular weight is 271 g/mol. The Hall–Kier alpha value is -1.27. The van der Waals surface area contributed by atoms with Gasteiger partial charge >= 0.3 is 0 Å². The van der Waals surface area contributed by atoms with E-state index in [9.17, 15) is 13.5 Å². The molecular formula is C12H17NO4S. The lowest BCUT2D eigenvalue weighted by molar-refractivity contribution is 0.0983. The van der Waals surface area contributed by atoms with Gasteiger partial charge in [0.2, 0.25) is 10.0 Å². The van der Waals surface area contributed by atoms with Crippen LogP contribution in [0.2, 0.25) is 0 Å². The number of anilines is 1. The molecule has 0 amide bonds. The normalized spacial score (nSPS) is 17.6. The number of aromatic hydroxyl groups is 1. The zero-order chi connectivity index (χ0) is 13.2. The Morgan fingerprint density at radius 3 is 2.61 bits per heavy atom. The topological polar surface area (TPSA) is 66.8 Å². The van der Waals surface area contributed by atoms with Crippen molar-refractivity contribution in [1.29, 1.82) is 0 Å². The summed E-state index contributed by atoms with van der Waals surface area (Å²) in [4.78, 5) is 0. The van der Waals surface area contributed by atoms with Crippen molar-refractivity contribution in [2.24, 2.45) is 0 Å². The van der Waals surface area contributed by atoms with Crippen LogP contribution >= 0.6 is 0 Å². The fourth-order valence-corrected chi connectivity index (χ4v) is 3.68. The first kappa shape index (κ1) is 13.2. The summed E-state index contributed by atoms with van der Waals surface area (Å²) in [6.45, 7) is 0.968. The van der Waals surface area contributed by atoms with Crippen molar-refractivity contribution in [1.82, 2.24) is 0 Å². The summed E-state index contributed by atoms with van der Waals surface area (Å²) in [5.74, 6) is 0.0570. The van der Waals surface area contributed by atoms with Crippen LogP contribution in [0.3, 0.4) is 0 Å². The van der Waals surface area contributed by atoms with E-state index in [1.165, 1.54) is 23.5 Å². The molecule has 6 heteroatoms. The van der Waals surface area contributed by atoms with E-state index in [1.54, 1.807) is 12.1 Å². The van der Waals surface area contributed by atoms with Crippen molar-refractivity contribution in [2.75, 3.05) is 24.6 Å². The molecular weight excluding hydrogens is 254 g/mol. The molecule has 2 rings (SSSR count). The highest BCUT2D eigenvalue weighted by Crippen LogP contribution is 2.26. The number of hydrogen-bond donors (Lipinski definition) is 1. The molecule has 0 atom stereocenters. The fraction of sp³-hybridized carbons (Fsp3) is 0.500. The van der Waals surface area contributed by atoms with Gasteiger partial charge in [0.05, 0.1) is 10.9 Å². The Morgan fingerprint density at radius 2 is 2.00 bits per heavy atom. The van der Waals surface area contributed by atoms with Gasteiger partial charge < -0.3 is 9.84 Å². The average Bonchev–Trinajstić information content (AvgIpc) is 2.39. The van der Waals surface area contributed by atoms with E-state index in [0.717, 1.165) is 0 Å². The summed E-state index contributed by atoms with van der Waals surface area (Å²) in [7, 11) is -1.88. The minimum atomic E-state index is -3.39. The van der Waals surface area contributed by atoms with Gasteiger partial charge in [-0.15, -0.1) is 0 Å². The molecule has 0 spiro atoms. The summed E-state index contributed by atoms with van der Waals surface area (Å²) in [6.07, 6.45) is 1.04. The first-order chi connectivity index (χ1) is 8.51. The highest BCUT2D eigenvalue weighted by molar-refractivity contribution is 7.93. The van der Waals surface area contributed by atoms with Crippen LogP contribution < -0.4 is 4.31 Å². The van der Waals surface area contributed by atoms with E-state index in [4.69, 9.17) is 4.74 Å². The van der Waals surface area contributed by atoms with Crippen LogP contribution in [0.1, 0.15) is 12.8 Å². The van der Waals surface area contributed by atoms with Crippen LogP contribution in [0.25, 0.3) is 0 Å². The van der Waals surface area contributed by atoms with E-state index >= 15 is 0 Å². The quantitative estimate of drug-likeness (QED) is 0.901. The van der Waals surface area contributed by atoms with Crippen LogP contribution in [-0.2, 0) is 14.8 Å². The third kappa shape index (κ3) is 2.59. The van der Waals surface area contributed by atoms with Crippen molar-refractivity contribution in [3.05, 3.63) is 24.3 Å². The van der Waals surface area contributed by atoms with E-state index < -0.39 is 15.3 Å². The van der Waals surface area contributed by atoms with Gasteiger partial charge in [0, 0.05) is 26.3 Å². The van der Waals surface area contributed by atoms with Gasteiger partial charge in [-0.3, -0.25) is 4.31 Å². The molecule has 1 heterocycles. The van der Waals surface area contributed by atoms with Crippen molar-refractivity contribution >= 4 is 15.7 Å². The summed E-state index contributed by atoms with van der Waals surface area (Å²) in [5.41, 5.74) is 0.474. The highest BCUT2D eigenvalue weighted by atomic mass is 32.2. The molecule has 0 radical (unpaired) electrons. The minimum Gasteiger partial charge on any atom is -0.508 e. The molecule has 1 N–H and O–H groups in total. The molecule has 0 saturated carbocycles. The van der Waals surface area contributed by atoms with Crippen molar-refractivity contribution in [3.63, 3.8) is 0 Å². The van der Waals surface area contributed by atoms with Crippen molar-refractivity contribution in [3.8, 4) is 5.75 Å². The smallest absolute Gasteiger partial charge is 0.237 e. The lowest BCUT2D eigenvalue weighted by Gasteiger charge is -2.28. The Bertz CT molecular complexity index is 509. The second-order valence-electron chi connectivity index (χ2n) is 4.34. The number of hydrogen-bond acceptors (Lipinski definition) is 4. The van der Waals surface area contributed by atoms with E-state index in [-0.39, 0.29) is 5.75 Å². The summed E-state index contributed by atoms with van der Waals surface area (Å²) in [6, 6.07) is 6.24.